The highest BCUT2D eigenvalue weighted by Crippen LogP contribution is 2.29. The highest BCUT2D eigenvalue weighted by molar-refractivity contribution is 7.20. The van der Waals surface area contributed by atoms with Crippen LogP contribution >= 0.6 is 11.3 Å². The summed E-state index contributed by atoms with van der Waals surface area (Å²) in [6.07, 6.45) is 0. The Kier molecular flexibility index (Phi) is 5.46. The zero-order valence-electron chi connectivity index (χ0n) is 15.6. The molecule has 2 aromatic heterocycles. The van der Waals surface area contributed by atoms with E-state index in [-0.39, 0.29) is 18.2 Å². The average molecular weight is 387 g/mol. The van der Waals surface area contributed by atoms with Crippen molar-refractivity contribution in [3.8, 4) is 5.75 Å². The minimum Gasteiger partial charge on any atom is -0.497 e. The first-order valence-electron chi connectivity index (χ1n) is 8.55. The van der Waals surface area contributed by atoms with E-state index in [1.807, 2.05) is 31.2 Å². The lowest BCUT2D eigenvalue weighted by molar-refractivity contribution is 0.0531. The Bertz CT molecular complexity index is 1040. The number of esters is 1. The average Bonchev–Trinajstić information content (AvgIpc) is 2.99. The Labute approximate surface area is 160 Å². The molecule has 0 fully saturated rings. The van der Waals surface area contributed by atoms with Crippen molar-refractivity contribution in [1.82, 2.24) is 9.97 Å². The van der Waals surface area contributed by atoms with Crippen molar-refractivity contribution < 1.29 is 14.3 Å². The van der Waals surface area contributed by atoms with Crippen LogP contribution in [-0.4, -0.2) is 29.7 Å². The van der Waals surface area contributed by atoms with Crippen molar-refractivity contribution in [2.45, 2.75) is 26.8 Å². The summed E-state index contributed by atoms with van der Waals surface area (Å²) < 4.78 is 10.3. The van der Waals surface area contributed by atoms with Crippen molar-refractivity contribution in [3.05, 3.63) is 50.9 Å². The molecule has 0 aliphatic rings. The molecule has 1 atom stereocenters. The van der Waals surface area contributed by atoms with Crippen LogP contribution in [0.4, 0.5) is 5.69 Å². The molecule has 7 nitrogen and oxygen atoms in total. The van der Waals surface area contributed by atoms with Gasteiger partial charge in [0.05, 0.1) is 25.1 Å². The zero-order valence-corrected chi connectivity index (χ0v) is 16.4. The van der Waals surface area contributed by atoms with E-state index < -0.39 is 5.97 Å². The van der Waals surface area contributed by atoms with Gasteiger partial charge in [-0.2, -0.15) is 0 Å². The summed E-state index contributed by atoms with van der Waals surface area (Å²) in [5, 5.41) is 3.72. The minimum absolute atomic E-state index is 0.248. The van der Waals surface area contributed by atoms with Gasteiger partial charge < -0.3 is 19.8 Å². The topological polar surface area (TPSA) is 93.3 Å². The molecule has 0 spiro atoms. The fraction of sp³-hybridized carbons (Fsp3) is 0.316. The standard InChI is InChI=1S/C19H21N3O4S/c1-5-26-19(24)15-10(2)14-17(23)21-16(22-18(14)27-15)11(3)20-12-7-6-8-13(9-12)25-4/h6-9,11,20H,5H2,1-4H3,(H,21,22,23). The van der Waals surface area contributed by atoms with Gasteiger partial charge in [-0.1, -0.05) is 6.07 Å². The van der Waals surface area contributed by atoms with Gasteiger partial charge in [0.1, 0.15) is 21.3 Å². The van der Waals surface area contributed by atoms with Crippen molar-refractivity contribution >= 4 is 33.2 Å². The number of H-pyrrole nitrogens is 1. The Morgan fingerprint density at radius 2 is 2.19 bits per heavy atom. The van der Waals surface area contributed by atoms with E-state index in [1.54, 1.807) is 21.0 Å². The maximum Gasteiger partial charge on any atom is 0.348 e. The third kappa shape index (κ3) is 3.80. The molecule has 0 saturated heterocycles. The van der Waals surface area contributed by atoms with Gasteiger partial charge in [-0.3, -0.25) is 4.79 Å². The molecule has 3 rings (SSSR count). The third-order valence-corrected chi connectivity index (χ3v) is 5.31. The van der Waals surface area contributed by atoms with E-state index in [0.717, 1.165) is 11.4 Å². The number of aromatic amines is 1. The summed E-state index contributed by atoms with van der Waals surface area (Å²) in [6.45, 7) is 5.66. The second-order valence-electron chi connectivity index (χ2n) is 6.01. The molecule has 142 valence electrons. The number of methoxy groups -OCH3 is 1. The number of benzene rings is 1. The van der Waals surface area contributed by atoms with Gasteiger partial charge in [0.2, 0.25) is 0 Å². The molecular weight excluding hydrogens is 366 g/mol. The molecular formula is C19H21N3O4S. The predicted molar refractivity (Wildman–Crippen MR) is 106 cm³/mol. The lowest BCUT2D eigenvalue weighted by Crippen LogP contribution is -2.17. The zero-order chi connectivity index (χ0) is 19.6. The van der Waals surface area contributed by atoms with Crippen LogP contribution in [0, 0.1) is 6.92 Å². The number of hydrogen-bond acceptors (Lipinski definition) is 7. The monoisotopic (exact) mass is 387 g/mol. The Hall–Kier alpha value is -2.87. The number of nitrogens with zero attached hydrogens (tertiary/aromatic N) is 1. The van der Waals surface area contributed by atoms with Crippen LogP contribution < -0.4 is 15.6 Å². The molecule has 27 heavy (non-hydrogen) atoms. The third-order valence-electron chi connectivity index (χ3n) is 4.14. The smallest absolute Gasteiger partial charge is 0.348 e. The first-order chi connectivity index (χ1) is 12.9. The summed E-state index contributed by atoms with van der Waals surface area (Å²) in [7, 11) is 1.61. The van der Waals surface area contributed by atoms with E-state index in [4.69, 9.17) is 9.47 Å². The van der Waals surface area contributed by atoms with E-state index >= 15 is 0 Å². The Morgan fingerprint density at radius 1 is 1.41 bits per heavy atom. The fourth-order valence-corrected chi connectivity index (χ4v) is 3.87. The predicted octanol–water partition coefficient (Wildman–Crippen LogP) is 3.65. The van der Waals surface area contributed by atoms with Crippen LogP contribution in [0.25, 0.3) is 10.2 Å². The van der Waals surface area contributed by atoms with E-state index in [1.165, 1.54) is 11.3 Å². The molecule has 0 aliphatic carbocycles. The number of fused-ring (bicyclic) bond motifs is 1. The minimum atomic E-state index is -0.429. The van der Waals surface area contributed by atoms with E-state index in [2.05, 4.69) is 15.3 Å². The highest BCUT2D eigenvalue weighted by Gasteiger charge is 2.21. The SMILES string of the molecule is CCOC(=O)c1sc2nc(C(C)Nc3cccc(OC)c3)[nH]c(=O)c2c1C. The molecule has 8 heteroatoms. The highest BCUT2D eigenvalue weighted by atomic mass is 32.1. The number of carbonyl (C=O) groups is 1. The number of thiophene rings is 1. The molecule has 2 N–H and O–H groups in total. The van der Waals surface area contributed by atoms with Crippen LogP contribution in [0.3, 0.4) is 0 Å². The summed E-state index contributed by atoms with van der Waals surface area (Å²) in [5.41, 5.74) is 1.18. The maximum atomic E-state index is 12.6. The summed E-state index contributed by atoms with van der Waals surface area (Å²) in [4.78, 5) is 33.0. The van der Waals surface area contributed by atoms with Gasteiger partial charge >= 0.3 is 5.97 Å². The number of aromatic nitrogens is 2. The van der Waals surface area contributed by atoms with Gasteiger partial charge in [-0.25, -0.2) is 9.78 Å². The second-order valence-corrected chi connectivity index (χ2v) is 7.01. The number of ether oxygens (including phenoxy) is 2. The van der Waals surface area contributed by atoms with Gasteiger partial charge in [0, 0.05) is 11.8 Å². The molecule has 1 aromatic carbocycles. The van der Waals surface area contributed by atoms with Crippen LogP contribution in [0.5, 0.6) is 5.75 Å². The lowest BCUT2D eigenvalue weighted by Gasteiger charge is -2.15. The quantitative estimate of drug-likeness (QED) is 0.627. The summed E-state index contributed by atoms with van der Waals surface area (Å²) in [5.74, 6) is 0.797. The van der Waals surface area contributed by atoms with Crippen molar-refractivity contribution in [2.24, 2.45) is 0 Å². The molecule has 2 heterocycles. The largest absolute Gasteiger partial charge is 0.497 e. The van der Waals surface area contributed by atoms with E-state index in [0.29, 0.717) is 26.5 Å². The fourth-order valence-electron chi connectivity index (χ4n) is 2.79. The lowest BCUT2D eigenvalue weighted by atomic mass is 10.2. The molecule has 3 aromatic rings. The number of anilines is 1. The van der Waals surface area contributed by atoms with Crippen LogP contribution in [0.1, 0.15) is 40.9 Å². The summed E-state index contributed by atoms with van der Waals surface area (Å²) >= 11 is 1.18. The molecule has 0 aliphatic heterocycles. The first kappa shape index (κ1) is 18.9. The maximum absolute atomic E-state index is 12.6. The van der Waals surface area contributed by atoms with Crippen LogP contribution in [0.15, 0.2) is 29.1 Å². The molecule has 1 unspecified atom stereocenters. The number of carbonyl (C=O) groups excluding carboxylic acids is 1. The molecule has 0 saturated carbocycles. The number of hydrogen-bond donors (Lipinski definition) is 2. The molecule has 0 bridgehead atoms. The van der Waals surface area contributed by atoms with Gasteiger partial charge in [0.25, 0.3) is 5.56 Å². The van der Waals surface area contributed by atoms with Crippen molar-refractivity contribution in [1.29, 1.82) is 0 Å². The molecule has 0 radical (unpaired) electrons. The number of rotatable bonds is 6. The van der Waals surface area contributed by atoms with Gasteiger partial charge in [0.15, 0.2) is 0 Å². The number of nitrogens with one attached hydrogen (secondary N) is 2. The van der Waals surface area contributed by atoms with Crippen LogP contribution in [0.2, 0.25) is 0 Å². The Balaban J connectivity index is 1.95. The van der Waals surface area contributed by atoms with Crippen LogP contribution in [-0.2, 0) is 4.74 Å². The Morgan fingerprint density at radius 3 is 2.89 bits per heavy atom. The van der Waals surface area contributed by atoms with Gasteiger partial charge in [-0.15, -0.1) is 11.3 Å². The summed E-state index contributed by atoms with van der Waals surface area (Å²) in [6, 6.07) is 7.25. The number of aryl methyl sites for hydroxylation is 1. The molecule has 0 amide bonds. The normalized spacial score (nSPS) is 12.0. The van der Waals surface area contributed by atoms with Crippen molar-refractivity contribution in [3.63, 3.8) is 0 Å². The van der Waals surface area contributed by atoms with E-state index in [9.17, 15) is 9.59 Å². The first-order valence-corrected chi connectivity index (χ1v) is 9.37. The van der Waals surface area contributed by atoms with Crippen molar-refractivity contribution in [2.75, 3.05) is 19.0 Å². The van der Waals surface area contributed by atoms with Gasteiger partial charge in [-0.05, 0) is 38.5 Å². The second kappa shape index (κ2) is 7.79.